The Hall–Kier alpha value is 0.430. The number of rotatable bonds is 30. The molecule has 0 saturated carbocycles. The number of carbonyl (C=O) groups excluding carboxylic acids is 1. The number of hydrogen-bond acceptors (Lipinski definition) is 3. The number of carboxylic acids is 1. The molecule has 0 fully saturated rings. The Labute approximate surface area is 262 Å². The van der Waals surface area contributed by atoms with Crippen molar-refractivity contribution in [1.82, 2.24) is 0 Å². The van der Waals surface area contributed by atoms with E-state index in [0.29, 0.717) is 6.61 Å². The minimum absolute atomic E-state index is 0. The molecule has 0 heterocycles. The molecule has 3 nitrogen and oxygen atoms in total. The van der Waals surface area contributed by atoms with Crippen molar-refractivity contribution in [3.05, 3.63) is 0 Å². The zero-order chi connectivity index (χ0) is 27.5. The average Bonchev–Trinajstić information content (AvgIpc) is 2.89. The van der Waals surface area contributed by atoms with Crippen LogP contribution >= 0.6 is 0 Å². The quantitative estimate of drug-likeness (QED) is 0.0748. The van der Waals surface area contributed by atoms with Crippen LogP contribution in [0.4, 0.5) is 0 Å². The van der Waals surface area contributed by atoms with Crippen LogP contribution in [0.3, 0.4) is 0 Å². The molecule has 1 N–H and O–H groups in total. The summed E-state index contributed by atoms with van der Waals surface area (Å²) in [6, 6.07) is 0. The smallest absolute Gasteiger partial charge is 0.550 e. The molecule has 224 valence electrons. The van der Waals surface area contributed by atoms with Crippen LogP contribution in [0, 0.1) is 0 Å². The second-order valence-corrected chi connectivity index (χ2v) is 11.4. The van der Waals surface area contributed by atoms with Crippen LogP contribution in [0.2, 0.25) is 0 Å². The number of aliphatic hydroxyl groups excluding tert-OH is 1. The first-order valence-corrected chi connectivity index (χ1v) is 17.0. The zero-order valence-electron chi connectivity index (χ0n) is 26.7. The maximum atomic E-state index is 10.2. The molecule has 0 aliphatic heterocycles. The standard InChI is InChI=1S/C18H36O2.C16H34O.Na/c1-2-3-4-5-6-7-8-9-10-11-12-13-14-15-16-17-18(19)20;1-2-3-4-5-6-7-8-9-10-11-12-13-14-15-16-17;/h2-17H2,1H3,(H,19,20);17H,2-16H2,1H3;/q;;+1/p-1. The first-order chi connectivity index (χ1) is 18.2. The summed E-state index contributed by atoms with van der Waals surface area (Å²) in [6.07, 6.45) is 39.1. The predicted octanol–water partition coefficient (Wildman–Crippen LogP) is 7.46. The van der Waals surface area contributed by atoms with E-state index in [2.05, 4.69) is 13.8 Å². The molecule has 38 heavy (non-hydrogen) atoms. The van der Waals surface area contributed by atoms with Gasteiger partial charge in [0.2, 0.25) is 0 Å². The van der Waals surface area contributed by atoms with Crippen molar-refractivity contribution in [3.63, 3.8) is 0 Å². The molecular formula is C34H69NaO3. The van der Waals surface area contributed by atoms with Crippen molar-refractivity contribution in [2.24, 2.45) is 0 Å². The van der Waals surface area contributed by atoms with E-state index in [0.717, 1.165) is 19.3 Å². The van der Waals surface area contributed by atoms with Crippen LogP contribution in [0.25, 0.3) is 0 Å². The molecule has 0 bridgehead atoms. The van der Waals surface area contributed by atoms with E-state index >= 15 is 0 Å². The van der Waals surface area contributed by atoms with Crippen molar-refractivity contribution in [2.45, 2.75) is 206 Å². The Kier molecular flexibility index (Phi) is 47.3. The van der Waals surface area contributed by atoms with Gasteiger partial charge in [0.15, 0.2) is 0 Å². The topological polar surface area (TPSA) is 60.4 Å². The van der Waals surface area contributed by atoms with Gasteiger partial charge >= 0.3 is 29.6 Å². The summed E-state index contributed by atoms with van der Waals surface area (Å²) in [5, 5.41) is 18.9. The number of aliphatic carboxylic acids is 1. The van der Waals surface area contributed by atoms with Gasteiger partial charge in [-0.1, -0.05) is 187 Å². The summed E-state index contributed by atoms with van der Waals surface area (Å²) in [5.41, 5.74) is 0. The van der Waals surface area contributed by atoms with Gasteiger partial charge in [-0.15, -0.1) is 0 Å². The van der Waals surface area contributed by atoms with Gasteiger partial charge in [0.25, 0.3) is 0 Å². The summed E-state index contributed by atoms with van der Waals surface area (Å²) < 4.78 is 0. The molecule has 0 unspecified atom stereocenters. The van der Waals surface area contributed by atoms with Gasteiger partial charge in [-0.05, 0) is 19.3 Å². The Balaban J connectivity index is -0.000000636. The molecule has 4 heteroatoms. The monoisotopic (exact) mass is 549 g/mol. The van der Waals surface area contributed by atoms with Crippen molar-refractivity contribution < 1.29 is 44.6 Å². The third-order valence-electron chi connectivity index (χ3n) is 7.50. The van der Waals surface area contributed by atoms with E-state index in [9.17, 15) is 9.90 Å². The van der Waals surface area contributed by atoms with Crippen LogP contribution in [-0.4, -0.2) is 17.7 Å². The summed E-state index contributed by atoms with van der Waals surface area (Å²) >= 11 is 0. The average molecular weight is 549 g/mol. The van der Waals surface area contributed by atoms with Crippen molar-refractivity contribution in [1.29, 1.82) is 0 Å². The van der Waals surface area contributed by atoms with E-state index in [1.54, 1.807) is 0 Å². The number of aliphatic hydroxyl groups is 1. The Morgan fingerprint density at radius 1 is 0.421 bits per heavy atom. The maximum absolute atomic E-state index is 10.2. The summed E-state index contributed by atoms with van der Waals surface area (Å²) in [6.45, 7) is 4.92. The minimum atomic E-state index is -0.903. The molecule has 0 amide bonds. The van der Waals surface area contributed by atoms with Gasteiger partial charge in [0, 0.05) is 12.6 Å². The molecule has 0 aromatic heterocycles. The van der Waals surface area contributed by atoms with Crippen LogP contribution in [0.15, 0.2) is 0 Å². The third kappa shape index (κ3) is 46.3. The predicted molar refractivity (Wildman–Crippen MR) is 162 cm³/mol. The molecule has 0 rings (SSSR count). The molecule has 0 aromatic carbocycles. The van der Waals surface area contributed by atoms with Gasteiger partial charge in [-0.3, -0.25) is 0 Å². The largest absolute Gasteiger partial charge is 1.00 e. The van der Waals surface area contributed by atoms with E-state index in [4.69, 9.17) is 5.11 Å². The summed E-state index contributed by atoms with van der Waals surface area (Å²) in [7, 11) is 0. The van der Waals surface area contributed by atoms with Gasteiger partial charge < -0.3 is 15.0 Å². The molecule has 0 atom stereocenters. The van der Waals surface area contributed by atoms with Crippen LogP contribution in [0.1, 0.15) is 206 Å². The first-order valence-electron chi connectivity index (χ1n) is 17.0. The van der Waals surface area contributed by atoms with E-state index in [1.165, 1.54) is 167 Å². The Morgan fingerprint density at radius 2 is 0.632 bits per heavy atom. The Morgan fingerprint density at radius 3 is 0.842 bits per heavy atom. The molecule has 0 spiro atoms. The molecule has 0 aliphatic rings. The molecule has 0 saturated heterocycles. The summed E-state index contributed by atoms with van der Waals surface area (Å²) in [5.74, 6) is -0.903. The number of hydrogen-bond donors (Lipinski definition) is 1. The van der Waals surface area contributed by atoms with Crippen LogP contribution in [0.5, 0.6) is 0 Å². The van der Waals surface area contributed by atoms with Crippen LogP contribution in [-0.2, 0) is 4.79 Å². The fourth-order valence-electron chi connectivity index (χ4n) is 4.95. The number of unbranched alkanes of at least 4 members (excludes halogenated alkanes) is 27. The third-order valence-corrected chi connectivity index (χ3v) is 7.50. The van der Waals surface area contributed by atoms with Gasteiger partial charge in [-0.2, -0.15) is 0 Å². The second kappa shape index (κ2) is 41.9. The summed E-state index contributed by atoms with van der Waals surface area (Å²) in [4.78, 5) is 10.2. The molecule has 0 aromatic rings. The molecule has 0 radical (unpaired) electrons. The Bertz CT molecular complexity index is 389. The number of carbonyl (C=O) groups is 1. The van der Waals surface area contributed by atoms with Gasteiger partial charge in [0.05, 0.1) is 0 Å². The van der Waals surface area contributed by atoms with Crippen molar-refractivity contribution in [2.75, 3.05) is 6.61 Å². The second-order valence-electron chi connectivity index (χ2n) is 11.4. The number of carboxylic acid groups (broad SMARTS) is 1. The maximum Gasteiger partial charge on any atom is 1.00 e. The van der Waals surface area contributed by atoms with E-state index in [1.807, 2.05) is 0 Å². The zero-order valence-corrected chi connectivity index (χ0v) is 28.7. The van der Waals surface area contributed by atoms with Crippen molar-refractivity contribution >= 4 is 5.97 Å². The van der Waals surface area contributed by atoms with E-state index < -0.39 is 5.97 Å². The molecular weight excluding hydrogens is 479 g/mol. The fraction of sp³-hybridized carbons (Fsp3) is 0.971. The van der Waals surface area contributed by atoms with Gasteiger partial charge in [-0.25, -0.2) is 0 Å². The molecule has 0 aliphatic carbocycles. The minimum Gasteiger partial charge on any atom is -0.550 e. The SMILES string of the molecule is CCCCCCCCCCCCCCCCCC(=O)[O-].CCCCCCCCCCCCCCCCO.[Na+]. The fourth-order valence-corrected chi connectivity index (χ4v) is 4.95. The van der Waals surface area contributed by atoms with Gasteiger partial charge in [0.1, 0.15) is 0 Å². The van der Waals surface area contributed by atoms with Crippen molar-refractivity contribution in [3.8, 4) is 0 Å². The normalized spacial score (nSPS) is 10.6. The van der Waals surface area contributed by atoms with Crippen LogP contribution < -0.4 is 34.7 Å². The first kappa shape index (κ1) is 42.9. The van der Waals surface area contributed by atoms with E-state index in [-0.39, 0.29) is 36.0 Å².